The summed E-state index contributed by atoms with van der Waals surface area (Å²) >= 11 is 0. The highest BCUT2D eigenvalue weighted by Gasteiger charge is 2.20. The van der Waals surface area contributed by atoms with Crippen molar-refractivity contribution in [3.63, 3.8) is 0 Å². The SMILES string of the molecule is N#Cc1nc(C(N)=O)c(O)c2c(Oc3ccccc3)cccc12. The minimum absolute atomic E-state index is 0.00916. The van der Waals surface area contributed by atoms with Crippen LogP contribution in [0, 0.1) is 11.3 Å². The molecule has 2 aromatic carbocycles. The number of ether oxygens (including phenoxy) is 1. The molecule has 0 saturated heterocycles. The number of carbonyl (C=O) groups excluding carboxylic acids is 1. The van der Waals surface area contributed by atoms with Crippen molar-refractivity contribution in [1.82, 2.24) is 4.98 Å². The average molecular weight is 305 g/mol. The smallest absolute Gasteiger partial charge is 0.271 e. The van der Waals surface area contributed by atoms with Gasteiger partial charge in [-0.2, -0.15) is 5.26 Å². The lowest BCUT2D eigenvalue weighted by molar-refractivity contribution is 0.0993. The molecular formula is C17H11N3O3. The normalized spacial score (nSPS) is 10.2. The summed E-state index contributed by atoms with van der Waals surface area (Å²) in [5, 5.41) is 20.2. The molecule has 0 bridgehead atoms. The molecule has 0 aliphatic carbocycles. The molecule has 0 aliphatic rings. The van der Waals surface area contributed by atoms with E-state index in [2.05, 4.69) is 4.98 Å². The summed E-state index contributed by atoms with van der Waals surface area (Å²) in [5.41, 5.74) is 4.85. The Morgan fingerprint density at radius 1 is 1.17 bits per heavy atom. The van der Waals surface area contributed by atoms with Crippen LogP contribution in [0.4, 0.5) is 0 Å². The summed E-state index contributed by atoms with van der Waals surface area (Å²) in [6, 6.07) is 15.8. The maximum absolute atomic E-state index is 11.5. The van der Waals surface area contributed by atoms with Crippen LogP contribution in [-0.2, 0) is 0 Å². The number of benzene rings is 2. The predicted molar refractivity (Wildman–Crippen MR) is 83.2 cm³/mol. The number of amides is 1. The fourth-order valence-corrected chi connectivity index (χ4v) is 2.27. The quantitative estimate of drug-likeness (QED) is 0.773. The Kier molecular flexibility index (Phi) is 3.53. The Bertz CT molecular complexity index is 947. The van der Waals surface area contributed by atoms with Crippen LogP contribution in [0.5, 0.6) is 17.2 Å². The third kappa shape index (κ3) is 2.51. The minimum Gasteiger partial charge on any atom is -0.505 e. The molecule has 0 aliphatic heterocycles. The number of aromatic nitrogens is 1. The maximum atomic E-state index is 11.5. The highest BCUT2D eigenvalue weighted by atomic mass is 16.5. The van der Waals surface area contributed by atoms with Crippen molar-refractivity contribution in [2.45, 2.75) is 0 Å². The number of primary amides is 1. The fourth-order valence-electron chi connectivity index (χ4n) is 2.27. The van der Waals surface area contributed by atoms with Gasteiger partial charge in [-0.05, 0) is 18.2 Å². The predicted octanol–water partition coefficient (Wildman–Crippen LogP) is 2.70. The van der Waals surface area contributed by atoms with Crippen LogP contribution in [0.25, 0.3) is 10.8 Å². The van der Waals surface area contributed by atoms with Crippen LogP contribution >= 0.6 is 0 Å². The standard InChI is InChI=1S/C17H11N3O3/c18-9-12-11-7-4-8-13(23-10-5-2-1-3-6-10)14(11)16(21)15(20-12)17(19)22/h1-8,21H,(H2,19,22). The van der Waals surface area contributed by atoms with Gasteiger partial charge in [0.1, 0.15) is 23.3 Å². The second-order valence-corrected chi connectivity index (χ2v) is 4.73. The molecule has 3 N–H and O–H groups in total. The molecule has 3 rings (SSSR count). The van der Waals surface area contributed by atoms with Crippen molar-refractivity contribution in [2.24, 2.45) is 5.73 Å². The molecule has 0 saturated carbocycles. The van der Waals surface area contributed by atoms with Gasteiger partial charge in [-0.3, -0.25) is 4.79 Å². The van der Waals surface area contributed by atoms with E-state index < -0.39 is 11.7 Å². The van der Waals surface area contributed by atoms with Crippen LogP contribution in [0.1, 0.15) is 16.2 Å². The second-order valence-electron chi connectivity index (χ2n) is 4.73. The molecule has 0 fully saturated rings. The van der Waals surface area contributed by atoms with Crippen LogP contribution < -0.4 is 10.5 Å². The zero-order valence-corrected chi connectivity index (χ0v) is 11.9. The third-order valence-corrected chi connectivity index (χ3v) is 3.28. The zero-order chi connectivity index (χ0) is 16.4. The van der Waals surface area contributed by atoms with E-state index in [0.29, 0.717) is 16.9 Å². The summed E-state index contributed by atoms with van der Waals surface area (Å²) in [6.07, 6.45) is 0. The van der Waals surface area contributed by atoms with Crippen molar-refractivity contribution in [3.8, 4) is 23.3 Å². The number of nitrogens with two attached hydrogens (primary N) is 1. The molecule has 3 aromatic rings. The van der Waals surface area contributed by atoms with E-state index in [1.165, 1.54) is 0 Å². The molecule has 1 heterocycles. The van der Waals surface area contributed by atoms with E-state index in [9.17, 15) is 15.2 Å². The molecule has 6 heteroatoms. The highest BCUT2D eigenvalue weighted by Crippen LogP contribution is 2.38. The van der Waals surface area contributed by atoms with Gasteiger partial charge in [0.05, 0.1) is 5.39 Å². The van der Waals surface area contributed by atoms with Crippen molar-refractivity contribution < 1.29 is 14.6 Å². The van der Waals surface area contributed by atoms with E-state index >= 15 is 0 Å². The van der Waals surface area contributed by atoms with Gasteiger partial charge in [-0.25, -0.2) is 4.98 Å². The monoisotopic (exact) mass is 305 g/mol. The number of rotatable bonds is 3. The summed E-state index contributed by atoms with van der Waals surface area (Å²) in [4.78, 5) is 15.3. The topological polar surface area (TPSA) is 109 Å². The molecule has 0 radical (unpaired) electrons. The fraction of sp³-hybridized carbons (Fsp3) is 0. The van der Waals surface area contributed by atoms with Gasteiger partial charge in [0.15, 0.2) is 11.4 Å². The summed E-state index contributed by atoms with van der Waals surface area (Å²) in [6.45, 7) is 0. The number of nitriles is 1. The first-order valence-electron chi connectivity index (χ1n) is 6.70. The Balaban J connectivity index is 2.29. The van der Waals surface area contributed by atoms with Crippen LogP contribution in [0.3, 0.4) is 0 Å². The lowest BCUT2D eigenvalue weighted by Crippen LogP contribution is -2.14. The van der Waals surface area contributed by atoms with Crippen molar-refractivity contribution in [2.75, 3.05) is 0 Å². The molecule has 0 unspecified atom stereocenters. The number of hydrogen-bond acceptors (Lipinski definition) is 5. The Morgan fingerprint density at radius 2 is 1.91 bits per heavy atom. The van der Waals surface area contributed by atoms with Gasteiger partial charge in [0.2, 0.25) is 0 Å². The summed E-state index contributed by atoms with van der Waals surface area (Å²) < 4.78 is 5.76. The largest absolute Gasteiger partial charge is 0.505 e. The van der Waals surface area contributed by atoms with Gasteiger partial charge >= 0.3 is 0 Å². The zero-order valence-electron chi connectivity index (χ0n) is 11.9. The van der Waals surface area contributed by atoms with E-state index in [1.807, 2.05) is 12.1 Å². The first kappa shape index (κ1) is 14.4. The van der Waals surface area contributed by atoms with Crippen molar-refractivity contribution in [3.05, 3.63) is 59.9 Å². The summed E-state index contributed by atoms with van der Waals surface area (Å²) in [7, 11) is 0. The van der Waals surface area contributed by atoms with Gasteiger partial charge in [-0.15, -0.1) is 0 Å². The van der Waals surface area contributed by atoms with Gasteiger partial charge in [-0.1, -0.05) is 30.3 Å². The Labute approximate surface area is 131 Å². The Hall–Kier alpha value is -3.59. The molecule has 1 amide bonds. The van der Waals surface area contributed by atoms with E-state index in [1.54, 1.807) is 42.5 Å². The van der Waals surface area contributed by atoms with Crippen molar-refractivity contribution >= 4 is 16.7 Å². The lowest BCUT2D eigenvalue weighted by Gasteiger charge is -2.12. The van der Waals surface area contributed by atoms with E-state index in [0.717, 1.165) is 0 Å². The molecule has 6 nitrogen and oxygen atoms in total. The van der Waals surface area contributed by atoms with Gasteiger partial charge < -0.3 is 15.6 Å². The number of hydrogen-bond donors (Lipinski definition) is 2. The van der Waals surface area contributed by atoms with Gasteiger partial charge in [0, 0.05) is 5.39 Å². The number of nitrogens with zero attached hydrogens (tertiary/aromatic N) is 2. The first-order valence-corrected chi connectivity index (χ1v) is 6.70. The molecular weight excluding hydrogens is 294 g/mol. The van der Waals surface area contributed by atoms with Crippen LogP contribution in [-0.4, -0.2) is 16.0 Å². The van der Waals surface area contributed by atoms with Crippen LogP contribution in [0.15, 0.2) is 48.5 Å². The average Bonchev–Trinajstić information content (AvgIpc) is 2.56. The van der Waals surface area contributed by atoms with E-state index in [4.69, 9.17) is 10.5 Å². The molecule has 0 atom stereocenters. The summed E-state index contributed by atoms with van der Waals surface area (Å²) in [5.74, 6) is -0.476. The first-order chi connectivity index (χ1) is 11.1. The Morgan fingerprint density at radius 3 is 2.57 bits per heavy atom. The molecule has 1 aromatic heterocycles. The molecule has 23 heavy (non-hydrogen) atoms. The third-order valence-electron chi connectivity index (χ3n) is 3.28. The highest BCUT2D eigenvalue weighted by molar-refractivity contribution is 6.04. The second kappa shape index (κ2) is 5.66. The number of para-hydroxylation sites is 1. The molecule has 112 valence electrons. The van der Waals surface area contributed by atoms with Gasteiger partial charge in [0.25, 0.3) is 5.91 Å². The number of pyridine rings is 1. The number of fused-ring (bicyclic) bond motifs is 1. The van der Waals surface area contributed by atoms with Crippen molar-refractivity contribution in [1.29, 1.82) is 5.26 Å². The number of carbonyl (C=O) groups is 1. The molecule has 0 spiro atoms. The number of aromatic hydroxyl groups is 1. The lowest BCUT2D eigenvalue weighted by atomic mass is 10.1. The van der Waals surface area contributed by atoms with E-state index in [-0.39, 0.29) is 16.8 Å². The minimum atomic E-state index is -0.921. The van der Waals surface area contributed by atoms with Crippen LogP contribution in [0.2, 0.25) is 0 Å². The maximum Gasteiger partial charge on any atom is 0.271 e.